The standard InChI is InChI=1S/C32H35N5O5S/c1-19-21(13-9-15-26(19)38)29(40)34-24(16-20-10-5-4-6-11-20)27(39)31(42)37-18-43-32(2,3)28(37)30(41)33-17-25-22-12-7-8-14-23(22)35-36-25/h4-15,24,27-28,38-39H,16-18H2,1-3H3,(H,33,41)(H,34,40)(H,35,36)/t24-,27-,28+/m0/s1. The number of nitrogens with zero attached hydrogens (tertiary/aromatic N) is 2. The number of benzene rings is 3. The van der Waals surface area contributed by atoms with Crippen molar-refractivity contribution in [3.8, 4) is 5.75 Å². The van der Waals surface area contributed by atoms with Gasteiger partial charge in [-0.1, -0.05) is 54.6 Å². The molecule has 5 N–H and O–H groups in total. The summed E-state index contributed by atoms with van der Waals surface area (Å²) in [6.45, 7) is 5.59. The molecule has 4 aromatic rings. The zero-order chi connectivity index (χ0) is 30.7. The number of para-hydroxylation sites is 1. The van der Waals surface area contributed by atoms with Crippen molar-refractivity contribution in [1.82, 2.24) is 25.7 Å². The number of carbonyl (C=O) groups excluding carboxylic acids is 3. The van der Waals surface area contributed by atoms with E-state index in [-0.39, 0.29) is 36.1 Å². The Balaban J connectivity index is 1.36. The number of aliphatic hydroxyl groups is 1. The van der Waals surface area contributed by atoms with Gasteiger partial charge in [0.25, 0.3) is 11.8 Å². The van der Waals surface area contributed by atoms with E-state index in [1.54, 1.807) is 19.1 Å². The highest BCUT2D eigenvalue weighted by Gasteiger charge is 2.49. The van der Waals surface area contributed by atoms with Crippen LogP contribution in [-0.2, 0) is 22.6 Å². The Hall–Kier alpha value is -4.35. The topological polar surface area (TPSA) is 148 Å². The maximum absolute atomic E-state index is 13.9. The van der Waals surface area contributed by atoms with E-state index in [2.05, 4.69) is 20.8 Å². The molecule has 0 aliphatic carbocycles. The molecule has 2 heterocycles. The van der Waals surface area contributed by atoms with Crippen LogP contribution in [0.15, 0.2) is 72.8 Å². The number of carbonyl (C=O) groups is 3. The molecule has 11 heteroatoms. The molecule has 0 bridgehead atoms. The minimum atomic E-state index is -1.64. The highest BCUT2D eigenvalue weighted by atomic mass is 32.2. The number of amides is 3. The van der Waals surface area contributed by atoms with E-state index in [0.29, 0.717) is 5.56 Å². The summed E-state index contributed by atoms with van der Waals surface area (Å²) in [6.07, 6.45) is -1.46. The first-order chi connectivity index (χ1) is 20.6. The lowest BCUT2D eigenvalue weighted by molar-refractivity contribution is -0.147. The number of fused-ring (bicyclic) bond motifs is 1. The maximum Gasteiger partial charge on any atom is 0.254 e. The van der Waals surface area contributed by atoms with E-state index in [9.17, 15) is 24.6 Å². The van der Waals surface area contributed by atoms with Crippen LogP contribution in [-0.4, -0.2) is 71.8 Å². The van der Waals surface area contributed by atoms with Crippen molar-refractivity contribution in [2.45, 2.75) is 56.7 Å². The summed E-state index contributed by atoms with van der Waals surface area (Å²) < 4.78 is -0.633. The monoisotopic (exact) mass is 601 g/mol. The molecule has 0 radical (unpaired) electrons. The fourth-order valence-corrected chi connectivity index (χ4v) is 6.54. The molecule has 224 valence electrons. The van der Waals surface area contributed by atoms with Crippen LogP contribution in [0.1, 0.15) is 41.0 Å². The third-order valence-electron chi connectivity index (χ3n) is 7.86. The molecule has 1 fully saturated rings. The molecular formula is C32H35N5O5S. The SMILES string of the molecule is Cc1c(O)cccc1C(=O)N[C@@H](Cc1ccccc1)[C@H](O)C(=O)N1CSC(C)(C)[C@H]1C(=O)NCc1[nH]nc2ccccc12. The van der Waals surface area contributed by atoms with Crippen molar-refractivity contribution in [2.24, 2.45) is 0 Å². The molecular weight excluding hydrogens is 566 g/mol. The lowest BCUT2D eigenvalue weighted by atomic mass is 9.96. The van der Waals surface area contributed by atoms with Crippen LogP contribution in [0.5, 0.6) is 5.75 Å². The van der Waals surface area contributed by atoms with Crippen LogP contribution in [0.25, 0.3) is 10.9 Å². The van der Waals surface area contributed by atoms with E-state index in [0.717, 1.165) is 22.2 Å². The van der Waals surface area contributed by atoms with Crippen molar-refractivity contribution in [3.05, 3.63) is 95.2 Å². The number of rotatable bonds is 9. The van der Waals surface area contributed by atoms with Crippen molar-refractivity contribution < 1.29 is 24.6 Å². The van der Waals surface area contributed by atoms with Gasteiger partial charge < -0.3 is 25.7 Å². The van der Waals surface area contributed by atoms with Crippen LogP contribution >= 0.6 is 11.8 Å². The molecule has 3 amide bonds. The second-order valence-electron chi connectivity index (χ2n) is 11.2. The molecule has 1 aromatic heterocycles. The molecule has 43 heavy (non-hydrogen) atoms. The van der Waals surface area contributed by atoms with Crippen LogP contribution in [0.2, 0.25) is 0 Å². The Bertz CT molecular complexity index is 1640. The number of hydrogen-bond donors (Lipinski definition) is 5. The fraction of sp³-hybridized carbons (Fsp3) is 0.312. The highest BCUT2D eigenvalue weighted by molar-refractivity contribution is 8.00. The Morgan fingerprint density at radius 3 is 2.56 bits per heavy atom. The van der Waals surface area contributed by atoms with Gasteiger partial charge in [0.05, 0.1) is 29.7 Å². The number of H-pyrrole nitrogens is 1. The summed E-state index contributed by atoms with van der Waals surface area (Å²) >= 11 is 1.44. The van der Waals surface area contributed by atoms with Gasteiger partial charge in [0, 0.05) is 21.3 Å². The van der Waals surface area contributed by atoms with Gasteiger partial charge in [0.15, 0.2) is 6.10 Å². The third-order valence-corrected chi connectivity index (χ3v) is 9.23. The molecule has 1 saturated heterocycles. The predicted molar refractivity (Wildman–Crippen MR) is 165 cm³/mol. The number of aromatic nitrogens is 2. The molecule has 0 saturated carbocycles. The van der Waals surface area contributed by atoms with Crippen LogP contribution in [0.4, 0.5) is 0 Å². The summed E-state index contributed by atoms with van der Waals surface area (Å²) in [6, 6.07) is 19.6. The molecule has 10 nitrogen and oxygen atoms in total. The van der Waals surface area contributed by atoms with E-state index in [4.69, 9.17) is 0 Å². The molecule has 3 atom stereocenters. The number of hydrogen-bond acceptors (Lipinski definition) is 7. The number of phenols is 1. The smallest absolute Gasteiger partial charge is 0.254 e. The van der Waals surface area contributed by atoms with E-state index in [1.165, 1.54) is 22.7 Å². The zero-order valence-corrected chi connectivity index (χ0v) is 25.0. The highest BCUT2D eigenvalue weighted by Crippen LogP contribution is 2.40. The molecule has 1 aliphatic heterocycles. The maximum atomic E-state index is 13.9. The Morgan fingerprint density at radius 2 is 1.79 bits per heavy atom. The normalized spacial score (nSPS) is 17.4. The van der Waals surface area contributed by atoms with Gasteiger partial charge >= 0.3 is 0 Å². The summed E-state index contributed by atoms with van der Waals surface area (Å²) in [5, 5.41) is 35.5. The number of nitrogens with one attached hydrogen (secondary N) is 3. The Labute approximate surface area is 253 Å². The number of thioether (sulfide) groups is 1. The zero-order valence-electron chi connectivity index (χ0n) is 24.2. The van der Waals surface area contributed by atoms with E-state index >= 15 is 0 Å². The first kappa shape index (κ1) is 30.1. The number of aliphatic hydroxyl groups excluding tert-OH is 1. The number of aromatic hydroxyl groups is 1. The summed E-state index contributed by atoms with van der Waals surface area (Å²) in [7, 11) is 0. The second-order valence-corrected chi connectivity index (χ2v) is 12.8. The fourth-order valence-electron chi connectivity index (χ4n) is 5.40. The van der Waals surface area contributed by atoms with E-state index < -0.39 is 34.7 Å². The molecule has 3 aromatic carbocycles. The molecule has 1 aliphatic rings. The average molecular weight is 602 g/mol. The second kappa shape index (κ2) is 12.5. The Kier molecular flexibility index (Phi) is 8.74. The van der Waals surface area contributed by atoms with Gasteiger partial charge in [-0.2, -0.15) is 5.10 Å². The van der Waals surface area contributed by atoms with Crippen molar-refractivity contribution in [2.75, 3.05) is 5.88 Å². The van der Waals surface area contributed by atoms with E-state index in [1.807, 2.05) is 68.4 Å². The summed E-state index contributed by atoms with van der Waals surface area (Å²) in [5.74, 6) is -1.37. The van der Waals surface area contributed by atoms with Crippen molar-refractivity contribution in [1.29, 1.82) is 0 Å². The largest absolute Gasteiger partial charge is 0.508 e. The summed E-state index contributed by atoms with van der Waals surface area (Å²) in [5.41, 5.74) is 2.97. The summed E-state index contributed by atoms with van der Waals surface area (Å²) in [4.78, 5) is 42.2. The van der Waals surface area contributed by atoms with Gasteiger partial charge in [0.1, 0.15) is 11.8 Å². The van der Waals surface area contributed by atoms with Gasteiger partial charge in [-0.05, 0) is 51.0 Å². The quantitative estimate of drug-likeness (QED) is 0.198. The van der Waals surface area contributed by atoms with Crippen LogP contribution in [0.3, 0.4) is 0 Å². The number of aromatic amines is 1. The third kappa shape index (κ3) is 6.37. The average Bonchev–Trinajstić information content (AvgIpc) is 3.56. The van der Waals surface area contributed by atoms with Crippen molar-refractivity contribution >= 4 is 40.4 Å². The van der Waals surface area contributed by atoms with Crippen LogP contribution < -0.4 is 10.6 Å². The molecule has 0 spiro atoms. The lowest BCUT2D eigenvalue weighted by Crippen LogP contribution is -2.58. The van der Waals surface area contributed by atoms with Gasteiger partial charge in [-0.15, -0.1) is 11.8 Å². The first-order valence-electron chi connectivity index (χ1n) is 14.0. The Morgan fingerprint density at radius 1 is 1.07 bits per heavy atom. The minimum Gasteiger partial charge on any atom is -0.508 e. The minimum absolute atomic E-state index is 0.0304. The molecule has 5 rings (SSSR count). The van der Waals surface area contributed by atoms with Gasteiger partial charge in [0.2, 0.25) is 5.91 Å². The van der Waals surface area contributed by atoms with Crippen molar-refractivity contribution in [3.63, 3.8) is 0 Å². The molecule has 0 unspecified atom stereocenters. The number of phenolic OH excluding ortho intramolecular Hbond substituents is 1. The van der Waals surface area contributed by atoms with Crippen LogP contribution in [0, 0.1) is 6.92 Å². The predicted octanol–water partition coefficient (Wildman–Crippen LogP) is 3.28. The lowest BCUT2D eigenvalue weighted by Gasteiger charge is -2.33. The first-order valence-corrected chi connectivity index (χ1v) is 15.0. The van der Waals surface area contributed by atoms with Gasteiger partial charge in [-0.25, -0.2) is 0 Å². The van der Waals surface area contributed by atoms with Gasteiger partial charge in [-0.3, -0.25) is 19.5 Å².